The molecule has 0 amide bonds. The highest BCUT2D eigenvalue weighted by atomic mass is 35.5. The molecule has 0 spiro atoms. The van der Waals surface area contributed by atoms with Crippen molar-refractivity contribution in [1.29, 1.82) is 0 Å². The summed E-state index contributed by atoms with van der Waals surface area (Å²) in [6, 6.07) is 14.8. The minimum atomic E-state index is -0.302. The molecule has 110 valence electrons. The first-order valence-corrected chi connectivity index (χ1v) is 7.09. The number of fused-ring (bicyclic) bond motifs is 1. The quantitative estimate of drug-likeness (QED) is 0.426. The number of hydrogen-bond acceptors (Lipinski definition) is 3. The lowest BCUT2D eigenvalue weighted by atomic mass is 9.94. The molecule has 22 heavy (non-hydrogen) atoms. The molecule has 3 aromatic rings. The van der Waals surface area contributed by atoms with Crippen molar-refractivity contribution in [2.24, 2.45) is 5.16 Å². The van der Waals surface area contributed by atoms with Crippen LogP contribution in [0.3, 0.4) is 0 Å². The van der Waals surface area contributed by atoms with E-state index in [0.29, 0.717) is 21.7 Å². The lowest BCUT2D eigenvalue weighted by Crippen LogP contribution is -2.18. The van der Waals surface area contributed by atoms with Gasteiger partial charge in [-0.15, -0.1) is 0 Å². The average Bonchev–Trinajstić information content (AvgIpc) is 2.54. The number of aromatic amines is 1. The second-order valence-corrected chi connectivity index (χ2v) is 5.38. The molecule has 2 aromatic carbocycles. The highest BCUT2D eigenvalue weighted by Gasteiger charge is 2.17. The average molecular weight is 313 g/mol. The van der Waals surface area contributed by atoms with Crippen molar-refractivity contribution in [1.82, 2.24) is 4.98 Å². The van der Waals surface area contributed by atoms with Crippen LogP contribution in [0.1, 0.15) is 12.5 Å². The number of halogens is 1. The Morgan fingerprint density at radius 1 is 1.18 bits per heavy atom. The van der Waals surface area contributed by atoms with Gasteiger partial charge in [-0.05, 0) is 30.7 Å². The Morgan fingerprint density at radius 2 is 1.91 bits per heavy atom. The first kappa shape index (κ1) is 14.4. The first-order chi connectivity index (χ1) is 10.6. The van der Waals surface area contributed by atoms with Crippen molar-refractivity contribution >= 4 is 28.2 Å². The van der Waals surface area contributed by atoms with Gasteiger partial charge in [0.1, 0.15) is 0 Å². The van der Waals surface area contributed by atoms with Crippen LogP contribution < -0.4 is 5.56 Å². The van der Waals surface area contributed by atoms with Crippen molar-refractivity contribution in [3.63, 3.8) is 0 Å². The highest BCUT2D eigenvalue weighted by molar-refractivity contribution is 6.31. The molecule has 0 saturated carbocycles. The van der Waals surface area contributed by atoms with Gasteiger partial charge >= 0.3 is 0 Å². The van der Waals surface area contributed by atoms with Gasteiger partial charge in [0, 0.05) is 21.5 Å². The lowest BCUT2D eigenvalue weighted by molar-refractivity contribution is 0.319. The Bertz CT molecular complexity index is 931. The van der Waals surface area contributed by atoms with Gasteiger partial charge in [0.25, 0.3) is 5.56 Å². The Balaban J connectivity index is 2.53. The molecule has 1 aromatic heterocycles. The van der Waals surface area contributed by atoms with Crippen molar-refractivity contribution in [2.45, 2.75) is 6.92 Å². The van der Waals surface area contributed by atoms with E-state index in [1.54, 1.807) is 25.1 Å². The van der Waals surface area contributed by atoms with Crippen molar-refractivity contribution in [2.75, 3.05) is 0 Å². The lowest BCUT2D eigenvalue weighted by Gasteiger charge is -2.12. The predicted molar refractivity (Wildman–Crippen MR) is 89.0 cm³/mol. The molecule has 2 N–H and O–H groups in total. The summed E-state index contributed by atoms with van der Waals surface area (Å²) in [5.74, 6) is 0. The maximum atomic E-state index is 12.4. The van der Waals surface area contributed by atoms with E-state index < -0.39 is 0 Å². The fraction of sp³-hybridized carbons (Fsp3) is 0.0588. The first-order valence-electron chi connectivity index (χ1n) is 6.72. The third kappa shape index (κ3) is 2.38. The van der Waals surface area contributed by atoms with Crippen LogP contribution in [0.4, 0.5) is 0 Å². The number of benzene rings is 2. The summed E-state index contributed by atoms with van der Waals surface area (Å²) in [5, 5.41) is 13.7. The zero-order valence-corrected chi connectivity index (χ0v) is 12.6. The van der Waals surface area contributed by atoms with Crippen molar-refractivity contribution in [3.05, 3.63) is 69.5 Å². The summed E-state index contributed by atoms with van der Waals surface area (Å²) in [6.07, 6.45) is 0. The molecule has 5 heteroatoms. The maximum absolute atomic E-state index is 12.4. The molecule has 0 bridgehead atoms. The van der Waals surface area contributed by atoms with Crippen LogP contribution in [0.5, 0.6) is 0 Å². The van der Waals surface area contributed by atoms with Crippen LogP contribution in [0.15, 0.2) is 58.5 Å². The van der Waals surface area contributed by atoms with Gasteiger partial charge < -0.3 is 10.2 Å². The maximum Gasteiger partial charge on any atom is 0.258 e. The third-order valence-corrected chi connectivity index (χ3v) is 3.79. The summed E-state index contributed by atoms with van der Waals surface area (Å²) in [6.45, 7) is 1.59. The number of hydrogen-bond donors (Lipinski definition) is 2. The summed E-state index contributed by atoms with van der Waals surface area (Å²) in [4.78, 5) is 15.2. The summed E-state index contributed by atoms with van der Waals surface area (Å²) in [7, 11) is 0. The van der Waals surface area contributed by atoms with Gasteiger partial charge in [-0.25, -0.2) is 0 Å². The summed E-state index contributed by atoms with van der Waals surface area (Å²) in [5.41, 5.74) is 2.54. The second-order valence-electron chi connectivity index (χ2n) is 4.95. The van der Waals surface area contributed by atoms with Crippen LogP contribution in [0.2, 0.25) is 5.02 Å². The topological polar surface area (TPSA) is 65.5 Å². The highest BCUT2D eigenvalue weighted by Crippen LogP contribution is 2.31. The molecule has 0 aliphatic carbocycles. The molecule has 4 nitrogen and oxygen atoms in total. The van der Waals surface area contributed by atoms with E-state index in [0.717, 1.165) is 10.9 Å². The molecule has 0 aliphatic rings. The number of H-pyrrole nitrogens is 1. The van der Waals surface area contributed by atoms with E-state index in [1.165, 1.54) is 0 Å². The number of oxime groups is 1. The van der Waals surface area contributed by atoms with Crippen LogP contribution >= 0.6 is 11.6 Å². The Hall–Kier alpha value is -2.59. The van der Waals surface area contributed by atoms with E-state index >= 15 is 0 Å². The van der Waals surface area contributed by atoms with Gasteiger partial charge in [-0.3, -0.25) is 4.79 Å². The largest absolute Gasteiger partial charge is 0.411 e. The van der Waals surface area contributed by atoms with E-state index in [1.807, 2.05) is 30.3 Å². The van der Waals surface area contributed by atoms with Crippen LogP contribution in [-0.4, -0.2) is 15.9 Å². The van der Waals surface area contributed by atoms with Gasteiger partial charge in [0.2, 0.25) is 0 Å². The minimum absolute atomic E-state index is 0.252. The molecule has 0 atom stereocenters. The zero-order valence-electron chi connectivity index (χ0n) is 11.8. The molecule has 0 fully saturated rings. The van der Waals surface area contributed by atoms with Gasteiger partial charge in [0.15, 0.2) is 0 Å². The van der Waals surface area contributed by atoms with E-state index in [4.69, 9.17) is 16.8 Å². The molecule has 0 aliphatic heterocycles. The van der Waals surface area contributed by atoms with E-state index in [2.05, 4.69) is 10.1 Å². The normalized spacial score (nSPS) is 11.8. The molecule has 3 rings (SSSR count). The van der Waals surface area contributed by atoms with Gasteiger partial charge in [0.05, 0.1) is 11.3 Å². The van der Waals surface area contributed by atoms with Crippen molar-refractivity contribution < 1.29 is 5.21 Å². The number of nitrogens with zero attached hydrogens (tertiary/aromatic N) is 1. The molecular formula is C17H13ClN2O2. The van der Waals surface area contributed by atoms with Gasteiger partial charge in [-0.2, -0.15) is 0 Å². The Morgan fingerprint density at radius 3 is 2.59 bits per heavy atom. The minimum Gasteiger partial charge on any atom is -0.411 e. The van der Waals surface area contributed by atoms with E-state index in [-0.39, 0.29) is 11.3 Å². The zero-order chi connectivity index (χ0) is 15.7. The Labute approximate surface area is 131 Å². The molecule has 0 saturated heterocycles. The summed E-state index contributed by atoms with van der Waals surface area (Å²) >= 11 is 6.11. The fourth-order valence-electron chi connectivity index (χ4n) is 2.57. The van der Waals surface area contributed by atoms with Crippen LogP contribution in [-0.2, 0) is 0 Å². The van der Waals surface area contributed by atoms with Crippen molar-refractivity contribution in [3.8, 4) is 11.1 Å². The van der Waals surface area contributed by atoms with Gasteiger partial charge in [-0.1, -0.05) is 47.1 Å². The smallest absolute Gasteiger partial charge is 0.258 e. The monoisotopic (exact) mass is 312 g/mol. The standard InChI is InChI=1S/C17H13ClN2O2/c1-10(20-22)15-16(11-5-3-2-4-6-11)13-9-12(18)7-8-14(13)19-17(15)21/h2-9,22H,1H3,(H,19,21)/b20-10+. The molecule has 1 heterocycles. The Kier molecular flexibility index (Phi) is 3.69. The van der Waals surface area contributed by atoms with Crippen LogP contribution in [0, 0.1) is 0 Å². The number of aromatic nitrogens is 1. The summed E-state index contributed by atoms with van der Waals surface area (Å²) < 4.78 is 0. The molecular weight excluding hydrogens is 300 g/mol. The SMILES string of the molecule is C/C(=N\O)c1c(-c2ccccc2)c2cc(Cl)ccc2[nH]c1=O. The molecule has 0 unspecified atom stereocenters. The number of pyridine rings is 1. The number of rotatable bonds is 2. The number of nitrogens with one attached hydrogen (secondary N) is 1. The fourth-order valence-corrected chi connectivity index (χ4v) is 2.74. The van der Waals surface area contributed by atoms with Crippen LogP contribution in [0.25, 0.3) is 22.0 Å². The second kappa shape index (κ2) is 5.66. The van der Waals surface area contributed by atoms with E-state index in [9.17, 15) is 4.79 Å². The third-order valence-electron chi connectivity index (χ3n) is 3.55. The predicted octanol–water partition coefficient (Wildman–Crippen LogP) is 4.05. The molecule has 0 radical (unpaired) electrons.